The van der Waals surface area contributed by atoms with Crippen LogP contribution in [0, 0.1) is 0 Å². The predicted octanol–water partition coefficient (Wildman–Crippen LogP) is 0.779. The number of hydrogen-bond acceptors (Lipinski definition) is 4. The van der Waals surface area contributed by atoms with Crippen LogP contribution in [0.2, 0.25) is 0 Å². The summed E-state index contributed by atoms with van der Waals surface area (Å²) in [7, 11) is 0. The largest absolute Gasteiger partial charge is 0.482 e. The summed E-state index contributed by atoms with van der Waals surface area (Å²) in [5.74, 6) is 1.34. The Labute approximate surface area is 74.8 Å². The third-order valence-electron chi connectivity index (χ3n) is 1.46. The number of nitrogens with one attached hydrogen (secondary N) is 1. The number of hydrogen-bond donors (Lipinski definition) is 1. The van der Waals surface area contributed by atoms with Gasteiger partial charge < -0.3 is 4.74 Å². The van der Waals surface area contributed by atoms with Gasteiger partial charge in [-0.25, -0.2) is 9.97 Å². The Morgan fingerprint density at radius 3 is 2.85 bits per heavy atom. The molecule has 0 atom stereocenters. The SMILES string of the molecule is c1cnc(COc2cn[nH]c2)nc1. The Balaban J connectivity index is 1.94. The van der Waals surface area contributed by atoms with E-state index in [1.54, 1.807) is 30.9 Å². The molecule has 0 aliphatic heterocycles. The monoisotopic (exact) mass is 176 g/mol. The molecule has 0 unspecified atom stereocenters. The fourth-order valence-corrected chi connectivity index (χ4v) is 0.870. The van der Waals surface area contributed by atoms with Gasteiger partial charge in [-0.05, 0) is 6.07 Å². The molecule has 66 valence electrons. The Morgan fingerprint density at radius 2 is 2.15 bits per heavy atom. The summed E-state index contributed by atoms with van der Waals surface area (Å²) in [5, 5.41) is 6.39. The van der Waals surface area contributed by atoms with Gasteiger partial charge in [0.1, 0.15) is 6.61 Å². The fraction of sp³-hybridized carbons (Fsp3) is 0.125. The third kappa shape index (κ3) is 2.02. The highest BCUT2D eigenvalue weighted by Gasteiger charge is 1.96. The summed E-state index contributed by atoms with van der Waals surface area (Å²) in [6.07, 6.45) is 6.63. The highest BCUT2D eigenvalue weighted by Crippen LogP contribution is 2.06. The lowest BCUT2D eigenvalue weighted by Gasteiger charge is -1.99. The molecule has 0 amide bonds. The zero-order valence-corrected chi connectivity index (χ0v) is 6.84. The van der Waals surface area contributed by atoms with Crippen molar-refractivity contribution in [1.29, 1.82) is 0 Å². The van der Waals surface area contributed by atoms with Crippen LogP contribution in [0.15, 0.2) is 30.9 Å². The van der Waals surface area contributed by atoms with Gasteiger partial charge in [0.05, 0.1) is 12.4 Å². The second-order valence-electron chi connectivity index (χ2n) is 2.39. The number of rotatable bonds is 3. The molecule has 5 heteroatoms. The summed E-state index contributed by atoms with van der Waals surface area (Å²) in [5.41, 5.74) is 0. The minimum absolute atomic E-state index is 0.361. The molecule has 0 aliphatic rings. The standard InChI is InChI=1S/C8H8N4O/c1-2-9-8(10-3-1)6-13-7-4-11-12-5-7/h1-5H,6H2,(H,11,12). The van der Waals surface area contributed by atoms with Crippen LogP contribution >= 0.6 is 0 Å². The van der Waals surface area contributed by atoms with E-state index < -0.39 is 0 Å². The fourth-order valence-electron chi connectivity index (χ4n) is 0.870. The normalized spacial score (nSPS) is 9.85. The molecule has 1 N–H and O–H groups in total. The Hall–Kier alpha value is -1.91. The van der Waals surface area contributed by atoms with Crippen molar-refractivity contribution in [3.63, 3.8) is 0 Å². The summed E-state index contributed by atoms with van der Waals surface area (Å²) >= 11 is 0. The quantitative estimate of drug-likeness (QED) is 0.750. The van der Waals surface area contributed by atoms with Crippen LogP contribution in [0.25, 0.3) is 0 Å². The highest BCUT2D eigenvalue weighted by molar-refractivity contribution is 5.10. The van der Waals surface area contributed by atoms with Gasteiger partial charge in [0, 0.05) is 12.4 Å². The lowest BCUT2D eigenvalue weighted by molar-refractivity contribution is 0.296. The van der Waals surface area contributed by atoms with E-state index in [0.717, 1.165) is 0 Å². The molecule has 0 radical (unpaired) electrons. The number of ether oxygens (including phenoxy) is 1. The van der Waals surface area contributed by atoms with Crippen molar-refractivity contribution in [2.45, 2.75) is 6.61 Å². The lowest BCUT2D eigenvalue weighted by Crippen LogP contribution is -1.99. The Morgan fingerprint density at radius 1 is 1.31 bits per heavy atom. The summed E-state index contributed by atoms with van der Waals surface area (Å²) in [6, 6.07) is 1.77. The molecule has 0 saturated heterocycles. The van der Waals surface area contributed by atoms with Gasteiger partial charge in [0.2, 0.25) is 0 Å². The van der Waals surface area contributed by atoms with Crippen molar-refractivity contribution in [3.05, 3.63) is 36.7 Å². The Kier molecular flexibility index (Phi) is 2.18. The molecule has 2 aromatic heterocycles. The van der Waals surface area contributed by atoms with Gasteiger partial charge in [-0.1, -0.05) is 0 Å². The van der Waals surface area contributed by atoms with E-state index in [4.69, 9.17) is 4.74 Å². The molecule has 2 aromatic rings. The molecule has 5 nitrogen and oxygen atoms in total. The van der Waals surface area contributed by atoms with E-state index in [-0.39, 0.29) is 0 Å². The maximum atomic E-state index is 5.31. The van der Waals surface area contributed by atoms with E-state index in [1.165, 1.54) is 0 Å². The minimum Gasteiger partial charge on any atom is -0.482 e. The summed E-state index contributed by atoms with van der Waals surface area (Å²) < 4.78 is 5.31. The van der Waals surface area contributed by atoms with Crippen molar-refractivity contribution in [3.8, 4) is 5.75 Å². The zero-order chi connectivity index (χ0) is 8.93. The van der Waals surface area contributed by atoms with E-state index >= 15 is 0 Å². The molecular weight excluding hydrogens is 168 g/mol. The van der Waals surface area contributed by atoms with E-state index in [1.807, 2.05) is 0 Å². The van der Waals surface area contributed by atoms with Crippen molar-refractivity contribution in [2.75, 3.05) is 0 Å². The van der Waals surface area contributed by atoms with Crippen LogP contribution < -0.4 is 4.74 Å². The molecule has 2 rings (SSSR count). The molecule has 0 fully saturated rings. The first-order chi connectivity index (χ1) is 6.45. The maximum absolute atomic E-state index is 5.31. The van der Waals surface area contributed by atoms with Crippen molar-refractivity contribution >= 4 is 0 Å². The van der Waals surface area contributed by atoms with Crippen LogP contribution in [-0.4, -0.2) is 20.2 Å². The van der Waals surface area contributed by atoms with Gasteiger partial charge in [0.25, 0.3) is 0 Å². The molecule has 0 bridgehead atoms. The number of H-pyrrole nitrogens is 1. The van der Waals surface area contributed by atoms with Gasteiger partial charge in [-0.3, -0.25) is 5.10 Å². The maximum Gasteiger partial charge on any atom is 0.166 e. The van der Waals surface area contributed by atoms with Crippen molar-refractivity contribution in [2.24, 2.45) is 0 Å². The van der Waals surface area contributed by atoms with Crippen LogP contribution in [0.5, 0.6) is 5.75 Å². The molecule has 13 heavy (non-hydrogen) atoms. The molecule has 0 saturated carbocycles. The van der Waals surface area contributed by atoms with Gasteiger partial charge in [0.15, 0.2) is 11.6 Å². The Bertz CT molecular complexity index is 346. The number of aromatic nitrogens is 4. The van der Waals surface area contributed by atoms with Crippen LogP contribution in [0.1, 0.15) is 5.82 Å². The first kappa shape index (κ1) is 7.72. The zero-order valence-electron chi connectivity index (χ0n) is 6.84. The van der Waals surface area contributed by atoms with E-state index in [2.05, 4.69) is 20.2 Å². The van der Waals surface area contributed by atoms with Gasteiger partial charge >= 0.3 is 0 Å². The van der Waals surface area contributed by atoms with Crippen LogP contribution in [0.3, 0.4) is 0 Å². The predicted molar refractivity (Wildman–Crippen MR) is 45.0 cm³/mol. The average molecular weight is 176 g/mol. The molecule has 2 heterocycles. The average Bonchev–Trinajstić information content (AvgIpc) is 2.69. The minimum atomic E-state index is 0.361. The summed E-state index contributed by atoms with van der Waals surface area (Å²) in [6.45, 7) is 0.361. The van der Waals surface area contributed by atoms with Crippen LogP contribution in [0.4, 0.5) is 0 Å². The topological polar surface area (TPSA) is 63.7 Å². The molecular formula is C8H8N4O. The summed E-state index contributed by atoms with van der Waals surface area (Å²) in [4.78, 5) is 8.02. The van der Waals surface area contributed by atoms with Gasteiger partial charge in [-0.2, -0.15) is 5.10 Å². The number of aromatic amines is 1. The first-order valence-electron chi connectivity index (χ1n) is 3.82. The second-order valence-corrected chi connectivity index (χ2v) is 2.39. The first-order valence-corrected chi connectivity index (χ1v) is 3.82. The van der Waals surface area contributed by atoms with Crippen LogP contribution in [-0.2, 0) is 6.61 Å². The third-order valence-corrected chi connectivity index (χ3v) is 1.46. The van der Waals surface area contributed by atoms with Crippen molar-refractivity contribution in [1.82, 2.24) is 20.2 Å². The molecule has 0 aliphatic carbocycles. The second kappa shape index (κ2) is 3.66. The van der Waals surface area contributed by atoms with Crippen molar-refractivity contribution < 1.29 is 4.74 Å². The van der Waals surface area contributed by atoms with E-state index in [0.29, 0.717) is 18.2 Å². The van der Waals surface area contributed by atoms with E-state index in [9.17, 15) is 0 Å². The highest BCUT2D eigenvalue weighted by atomic mass is 16.5. The lowest BCUT2D eigenvalue weighted by atomic mass is 10.5. The molecule has 0 aromatic carbocycles. The smallest absolute Gasteiger partial charge is 0.166 e. The molecule has 0 spiro atoms. The number of nitrogens with zero attached hydrogens (tertiary/aromatic N) is 3. The van der Waals surface area contributed by atoms with Gasteiger partial charge in [-0.15, -0.1) is 0 Å².